The zero-order valence-corrected chi connectivity index (χ0v) is 13.3. The second kappa shape index (κ2) is 6.47. The molecule has 1 amide bonds. The molecule has 1 aromatic rings. The first kappa shape index (κ1) is 15.8. The summed E-state index contributed by atoms with van der Waals surface area (Å²) < 4.78 is 23.3. The van der Waals surface area contributed by atoms with E-state index in [-0.39, 0.29) is 23.5 Å². The number of para-hydroxylation sites is 1. The van der Waals surface area contributed by atoms with Crippen LogP contribution < -0.4 is 5.32 Å². The van der Waals surface area contributed by atoms with E-state index in [1.54, 1.807) is 11.0 Å². The molecule has 1 N–H and O–H groups in total. The van der Waals surface area contributed by atoms with Crippen LogP contribution in [0.1, 0.15) is 30.6 Å². The van der Waals surface area contributed by atoms with Crippen molar-refractivity contribution in [1.82, 2.24) is 4.90 Å². The van der Waals surface area contributed by atoms with Crippen LogP contribution in [0, 0.1) is 0 Å². The van der Waals surface area contributed by atoms with Crippen molar-refractivity contribution in [3.63, 3.8) is 0 Å². The van der Waals surface area contributed by atoms with Gasteiger partial charge in [0.15, 0.2) is 9.84 Å². The van der Waals surface area contributed by atoms with Crippen LogP contribution in [-0.4, -0.2) is 49.9 Å². The van der Waals surface area contributed by atoms with Crippen LogP contribution in [0.3, 0.4) is 0 Å². The van der Waals surface area contributed by atoms with Crippen molar-refractivity contribution in [3.8, 4) is 0 Å². The van der Waals surface area contributed by atoms with E-state index in [1.807, 2.05) is 32.0 Å². The molecular weight excluding hydrogens is 288 g/mol. The Balaban J connectivity index is 2.25. The summed E-state index contributed by atoms with van der Waals surface area (Å²) in [5, 5.41) is 3.18. The highest BCUT2D eigenvalue weighted by molar-refractivity contribution is 7.91. The van der Waals surface area contributed by atoms with Crippen LogP contribution in [-0.2, 0) is 9.84 Å². The molecule has 0 aliphatic carbocycles. The van der Waals surface area contributed by atoms with E-state index in [0.717, 1.165) is 12.2 Å². The summed E-state index contributed by atoms with van der Waals surface area (Å²) in [6.07, 6.45) is 0.533. The predicted molar refractivity (Wildman–Crippen MR) is 84.4 cm³/mol. The van der Waals surface area contributed by atoms with Crippen LogP contribution in [0.5, 0.6) is 0 Å². The average Bonchev–Trinajstić information content (AvgIpc) is 2.80. The third kappa shape index (κ3) is 3.56. The number of nitrogens with zero attached hydrogens (tertiary/aromatic N) is 1. The van der Waals surface area contributed by atoms with Gasteiger partial charge in [-0.05, 0) is 32.4 Å². The lowest BCUT2D eigenvalue weighted by Gasteiger charge is -2.27. The maximum Gasteiger partial charge on any atom is 0.256 e. The molecular formula is C15H22N2O3S. The molecule has 1 aromatic carbocycles. The highest BCUT2D eigenvalue weighted by Gasteiger charge is 2.34. The molecule has 1 aliphatic rings. The topological polar surface area (TPSA) is 66.5 Å². The SMILES string of the molecule is CCNc1ccccc1C(=O)N(CC)C1CCS(=O)(=O)C1. The van der Waals surface area contributed by atoms with Gasteiger partial charge in [0.2, 0.25) is 0 Å². The molecule has 1 fully saturated rings. The van der Waals surface area contributed by atoms with Crippen molar-refractivity contribution in [2.24, 2.45) is 0 Å². The summed E-state index contributed by atoms with van der Waals surface area (Å²) in [6.45, 7) is 5.11. The first-order valence-corrected chi connectivity index (χ1v) is 9.15. The summed E-state index contributed by atoms with van der Waals surface area (Å²) in [5.74, 6) is 0.155. The number of sulfone groups is 1. The van der Waals surface area contributed by atoms with Crippen molar-refractivity contribution in [3.05, 3.63) is 29.8 Å². The van der Waals surface area contributed by atoms with Crippen LogP contribution >= 0.6 is 0 Å². The maximum atomic E-state index is 12.8. The van der Waals surface area contributed by atoms with Gasteiger partial charge in [0.25, 0.3) is 5.91 Å². The van der Waals surface area contributed by atoms with Gasteiger partial charge in [0, 0.05) is 24.8 Å². The number of carbonyl (C=O) groups is 1. The Hall–Kier alpha value is -1.56. The Bertz CT molecular complexity index is 613. The minimum absolute atomic E-state index is 0.0793. The van der Waals surface area contributed by atoms with E-state index >= 15 is 0 Å². The fourth-order valence-electron chi connectivity index (χ4n) is 2.76. The van der Waals surface area contributed by atoms with Gasteiger partial charge >= 0.3 is 0 Å². The minimum Gasteiger partial charge on any atom is -0.385 e. The molecule has 0 saturated carbocycles. The molecule has 1 saturated heterocycles. The third-order valence-electron chi connectivity index (χ3n) is 3.78. The quantitative estimate of drug-likeness (QED) is 0.900. The lowest BCUT2D eigenvalue weighted by Crippen LogP contribution is -2.41. The molecule has 116 valence electrons. The number of carbonyl (C=O) groups excluding carboxylic acids is 1. The van der Waals surface area contributed by atoms with Crippen LogP contribution in [0.4, 0.5) is 5.69 Å². The summed E-state index contributed by atoms with van der Waals surface area (Å²) in [4.78, 5) is 14.4. The van der Waals surface area contributed by atoms with Gasteiger partial charge in [-0.2, -0.15) is 0 Å². The first-order chi connectivity index (χ1) is 9.98. The number of amides is 1. The lowest BCUT2D eigenvalue weighted by atomic mass is 10.1. The predicted octanol–water partition coefficient (Wildman–Crippen LogP) is 1.77. The molecule has 1 unspecified atom stereocenters. The molecule has 21 heavy (non-hydrogen) atoms. The van der Waals surface area contributed by atoms with Gasteiger partial charge in [0.1, 0.15) is 0 Å². The number of hydrogen-bond donors (Lipinski definition) is 1. The van der Waals surface area contributed by atoms with E-state index < -0.39 is 9.84 Å². The summed E-state index contributed by atoms with van der Waals surface area (Å²) in [7, 11) is -3.00. The number of hydrogen-bond acceptors (Lipinski definition) is 4. The van der Waals surface area contributed by atoms with Gasteiger partial charge < -0.3 is 10.2 Å². The lowest BCUT2D eigenvalue weighted by molar-refractivity contribution is 0.0709. The Kier molecular flexibility index (Phi) is 4.88. The number of nitrogens with one attached hydrogen (secondary N) is 1. The molecule has 5 nitrogen and oxygen atoms in total. The maximum absolute atomic E-state index is 12.8. The largest absolute Gasteiger partial charge is 0.385 e. The summed E-state index contributed by atoms with van der Waals surface area (Å²) in [5.41, 5.74) is 1.40. The van der Waals surface area contributed by atoms with Crippen LogP contribution in [0.2, 0.25) is 0 Å². The van der Waals surface area contributed by atoms with Crippen molar-refractivity contribution >= 4 is 21.4 Å². The van der Waals surface area contributed by atoms with E-state index in [9.17, 15) is 13.2 Å². The molecule has 0 radical (unpaired) electrons. The number of anilines is 1. The molecule has 1 heterocycles. The van der Waals surface area contributed by atoms with Crippen molar-refractivity contribution < 1.29 is 13.2 Å². The third-order valence-corrected chi connectivity index (χ3v) is 5.53. The van der Waals surface area contributed by atoms with Gasteiger partial charge in [-0.15, -0.1) is 0 Å². The van der Waals surface area contributed by atoms with Crippen molar-refractivity contribution in [2.45, 2.75) is 26.3 Å². The van der Waals surface area contributed by atoms with E-state index in [0.29, 0.717) is 18.5 Å². The van der Waals surface area contributed by atoms with E-state index in [4.69, 9.17) is 0 Å². The smallest absolute Gasteiger partial charge is 0.256 e. The van der Waals surface area contributed by atoms with Crippen LogP contribution in [0.15, 0.2) is 24.3 Å². The molecule has 6 heteroatoms. The van der Waals surface area contributed by atoms with Crippen molar-refractivity contribution in [1.29, 1.82) is 0 Å². The summed E-state index contributed by atoms with van der Waals surface area (Å²) >= 11 is 0. The Labute approximate surface area is 126 Å². The summed E-state index contributed by atoms with van der Waals surface area (Å²) in [6, 6.07) is 7.16. The number of rotatable bonds is 5. The fourth-order valence-corrected chi connectivity index (χ4v) is 4.49. The first-order valence-electron chi connectivity index (χ1n) is 7.32. The minimum atomic E-state index is -3.00. The zero-order chi connectivity index (χ0) is 15.5. The molecule has 0 spiro atoms. The standard InChI is InChI=1S/C15H22N2O3S/c1-3-16-14-8-6-5-7-13(14)15(18)17(4-2)12-9-10-21(19,20)11-12/h5-8,12,16H,3-4,9-11H2,1-2H3. The molecule has 0 bridgehead atoms. The zero-order valence-electron chi connectivity index (χ0n) is 12.5. The monoisotopic (exact) mass is 310 g/mol. The fraction of sp³-hybridized carbons (Fsp3) is 0.533. The Morgan fingerprint density at radius 2 is 2.05 bits per heavy atom. The number of benzene rings is 1. The Morgan fingerprint density at radius 1 is 1.33 bits per heavy atom. The van der Waals surface area contributed by atoms with Gasteiger partial charge in [-0.3, -0.25) is 4.79 Å². The highest BCUT2D eigenvalue weighted by atomic mass is 32.2. The average molecular weight is 310 g/mol. The van der Waals surface area contributed by atoms with Crippen molar-refractivity contribution in [2.75, 3.05) is 29.9 Å². The van der Waals surface area contributed by atoms with Gasteiger partial charge in [-0.25, -0.2) is 8.42 Å². The Morgan fingerprint density at radius 3 is 2.62 bits per heavy atom. The second-order valence-corrected chi connectivity index (χ2v) is 7.45. The molecule has 2 rings (SSSR count). The molecule has 0 aromatic heterocycles. The molecule has 1 atom stereocenters. The van der Waals surface area contributed by atoms with Crippen LogP contribution in [0.25, 0.3) is 0 Å². The van der Waals surface area contributed by atoms with Gasteiger partial charge in [-0.1, -0.05) is 12.1 Å². The normalized spacial score (nSPS) is 20.2. The van der Waals surface area contributed by atoms with Gasteiger partial charge in [0.05, 0.1) is 17.1 Å². The van der Waals surface area contributed by atoms with E-state index in [1.165, 1.54) is 0 Å². The second-order valence-electron chi connectivity index (χ2n) is 5.22. The molecule has 1 aliphatic heterocycles. The highest BCUT2D eigenvalue weighted by Crippen LogP contribution is 2.23. The van der Waals surface area contributed by atoms with E-state index in [2.05, 4.69) is 5.32 Å².